The van der Waals surface area contributed by atoms with E-state index in [4.69, 9.17) is 17.0 Å². The molecule has 2 N–H and O–H groups in total. The topological polar surface area (TPSA) is 46.2 Å². The summed E-state index contributed by atoms with van der Waals surface area (Å²) in [4.78, 5) is 4.18. The lowest BCUT2D eigenvalue weighted by molar-refractivity contribution is 0.0777. The van der Waals surface area contributed by atoms with E-state index >= 15 is 0 Å². The summed E-state index contributed by atoms with van der Waals surface area (Å²) in [5.41, 5.74) is 1.15. The second-order valence-electron chi connectivity index (χ2n) is 4.37. The molecule has 0 saturated heterocycles. The number of hydrogen-bond donors (Lipinski definition) is 2. The smallest absolute Gasteiger partial charge is 0.171 e. The van der Waals surface area contributed by atoms with Gasteiger partial charge in [0, 0.05) is 19.3 Å². The van der Waals surface area contributed by atoms with Gasteiger partial charge in [-0.15, -0.1) is 0 Å². The lowest BCUT2D eigenvalue weighted by Gasteiger charge is -2.11. The number of nitrogens with one attached hydrogen (secondary N) is 2. The molecule has 0 aliphatic heterocycles. The molecule has 1 rings (SSSR count). The van der Waals surface area contributed by atoms with Crippen molar-refractivity contribution >= 4 is 23.1 Å². The van der Waals surface area contributed by atoms with E-state index in [2.05, 4.69) is 15.6 Å². The highest BCUT2D eigenvalue weighted by atomic mass is 32.1. The van der Waals surface area contributed by atoms with Crippen LogP contribution in [0.2, 0.25) is 0 Å². The van der Waals surface area contributed by atoms with E-state index in [-0.39, 0.29) is 6.10 Å². The summed E-state index contributed by atoms with van der Waals surface area (Å²) >= 11 is 5.18. The molecule has 4 nitrogen and oxygen atoms in total. The normalized spacial score (nSPS) is 10.4. The van der Waals surface area contributed by atoms with Crippen molar-refractivity contribution in [2.24, 2.45) is 0 Å². The second kappa shape index (κ2) is 8.00. The Hall–Kier alpha value is -1.20. The van der Waals surface area contributed by atoms with Crippen LogP contribution in [0.3, 0.4) is 0 Å². The Bertz CT molecular complexity index is 382. The fourth-order valence-corrected chi connectivity index (χ4v) is 1.56. The molecule has 0 fully saturated rings. The average Bonchev–Trinajstić information content (AvgIpc) is 2.28. The first kappa shape index (κ1) is 14.9. The van der Waals surface area contributed by atoms with Crippen LogP contribution in [0.5, 0.6) is 0 Å². The molecule has 0 radical (unpaired) electrons. The van der Waals surface area contributed by atoms with Crippen molar-refractivity contribution in [2.75, 3.05) is 18.5 Å². The highest BCUT2D eigenvalue weighted by Gasteiger charge is 1.99. The zero-order valence-electron chi connectivity index (χ0n) is 11.2. The largest absolute Gasteiger partial charge is 0.379 e. The van der Waals surface area contributed by atoms with E-state index in [0.29, 0.717) is 5.11 Å². The van der Waals surface area contributed by atoms with Gasteiger partial charge in [0.05, 0.1) is 6.10 Å². The highest BCUT2D eigenvalue weighted by molar-refractivity contribution is 7.80. The van der Waals surface area contributed by atoms with Crippen LogP contribution in [-0.2, 0) is 4.74 Å². The van der Waals surface area contributed by atoms with Gasteiger partial charge in [0.1, 0.15) is 5.82 Å². The Morgan fingerprint density at radius 2 is 2.28 bits per heavy atom. The molecule has 18 heavy (non-hydrogen) atoms. The fourth-order valence-electron chi connectivity index (χ4n) is 1.36. The molecule has 1 aromatic rings. The standard InChI is InChI=1S/C13H21N3OS/c1-10(2)17-8-4-6-15-13(18)16-12-9-11(3)5-7-14-12/h5,7,9-10H,4,6,8H2,1-3H3,(H2,14,15,16,18). The van der Waals surface area contributed by atoms with Crippen molar-refractivity contribution in [1.29, 1.82) is 0 Å². The van der Waals surface area contributed by atoms with Gasteiger partial charge in [-0.2, -0.15) is 0 Å². The average molecular weight is 267 g/mol. The Kier molecular flexibility index (Phi) is 6.60. The lowest BCUT2D eigenvalue weighted by atomic mass is 10.3. The van der Waals surface area contributed by atoms with Crippen molar-refractivity contribution in [3.05, 3.63) is 23.9 Å². The predicted molar refractivity (Wildman–Crippen MR) is 78.9 cm³/mol. The maximum Gasteiger partial charge on any atom is 0.171 e. The van der Waals surface area contributed by atoms with E-state index in [1.54, 1.807) is 6.20 Å². The summed E-state index contributed by atoms with van der Waals surface area (Å²) < 4.78 is 5.44. The van der Waals surface area contributed by atoms with Crippen molar-refractivity contribution in [1.82, 2.24) is 10.3 Å². The van der Waals surface area contributed by atoms with Gasteiger partial charge in [-0.1, -0.05) is 0 Å². The molecule has 0 atom stereocenters. The molecule has 0 unspecified atom stereocenters. The zero-order valence-corrected chi connectivity index (χ0v) is 12.0. The Balaban J connectivity index is 2.18. The molecule has 0 aromatic carbocycles. The van der Waals surface area contributed by atoms with E-state index in [1.165, 1.54) is 0 Å². The predicted octanol–water partition coefficient (Wildman–Crippen LogP) is 2.49. The SMILES string of the molecule is Cc1ccnc(NC(=S)NCCCOC(C)C)c1. The van der Waals surface area contributed by atoms with E-state index in [9.17, 15) is 0 Å². The molecule has 5 heteroatoms. The Labute approximate surface area is 114 Å². The van der Waals surface area contributed by atoms with Gasteiger partial charge in [-0.25, -0.2) is 4.98 Å². The van der Waals surface area contributed by atoms with Gasteiger partial charge < -0.3 is 15.4 Å². The maximum absolute atomic E-state index is 5.44. The minimum absolute atomic E-state index is 0.284. The molecule has 0 aliphatic rings. The molecule has 0 saturated carbocycles. The maximum atomic E-state index is 5.44. The molecule has 0 bridgehead atoms. The summed E-state index contributed by atoms with van der Waals surface area (Å²) in [6.07, 6.45) is 2.98. The van der Waals surface area contributed by atoms with Gasteiger partial charge in [0.25, 0.3) is 0 Å². The third kappa shape index (κ3) is 6.51. The van der Waals surface area contributed by atoms with Crippen LogP contribution in [0, 0.1) is 6.92 Å². The number of thiocarbonyl (C=S) groups is 1. The molecule has 0 amide bonds. The summed E-state index contributed by atoms with van der Waals surface area (Å²) in [5, 5.41) is 6.77. The van der Waals surface area contributed by atoms with Crippen LogP contribution in [-0.4, -0.2) is 29.4 Å². The lowest BCUT2D eigenvalue weighted by Crippen LogP contribution is -2.30. The third-order valence-corrected chi connectivity index (χ3v) is 2.46. The number of ether oxygens (including phenoxy) is 1. The molecular formula is C13H21N3OS. The van der Waals surface area contributed by atoms with Crippen LogP contribution in [0.4, 0.5) is 5.82 Å². The first-order valence-electron chi connectivity index (χ1n) is 6.17. The number of anilines is 1. The van der Waals surface area contributed by atoms with Gasteiger partial charge in [-0.3, -0.25) is 0 Å². The van der Waals surface area contributed by atoms with Crippen molar-refractivity contribution in [3.8, 4) is 0 Å². The zero-order chi connectivity index (χ0) is 13.4. The van der Waals surface area contributed by atoms with Crippen molar-refractivity contribution < 1.29 is 4.74 Å². The second-order valence-corrected chi connectivity index (χ2v) is 4.78. The summed E-state index contributed by atoms with van der Waals surface area (Å²) in [6.45, 7) is 7.62. The monoisotopic (exact) mass is 267 g/mol. The molecule has 0 aliphatic carbocycles. The van der Waals surface area contributed by atoms with E-state index in [1.807, 2.05) is 32.9 Å². The number of rotatable bonds is 6. The van der Waals surface area contributed by atoms with Crippen LogP contribution < -0.4 is 10.6 Å². The van der Waals surface area contributed by atoms with Crippen LogP contribution in [0.25, 0.3) is 0 Å². The van der Waals surface area contributed by atoms with Crippen LogP contribution >= 0.6 is 12.2 Å². The van der Waals surface area contributed by atoms with Crippen molar-refractivity contribution in [2.45, 2.75) is 33.3 Å². The highest BCUT2D eigenvalue weighted by Crippen LogP contribution is 2.04. The summed E-state index contributed by atoms with van der Waals surface area (Å²) in [7, 11) is 0. The van der Waals surface area contributed by atoms with Gasteiger partial charge in [-0.05, 0) is 57.1 Å². The van der Waals surface area contributed by atoms with E-state index in [0.717, 1.165) is 31.0 Å². The molecule has 1 aromatic heterocycles. The first-order chi connectivity index (χ1) is 8.58. The number of pyridine rings is 1. The first-order valence-corrected chi connectivity index (χ1v) is 6.58. The summed E-state index contributed by atoms with van der Waals surface area (Å²) in [5.74, 6) is 0.769. The van der Waals surface area contributed by atoms with Gasteiger partial charge >= 0.3 is 0 Å². The number of nitrogens with zero attached hydrogens (tertiary/aromatic N) is 1. The third-order valence-electron chi connectivity index (χ3n) is 2.21. The fraction of sp³-hybridized carbons (Fsp3) is 0.538. The molecule has 0 spiro atoms. The quantitative estimate of drug-likeness (QED) is 0.612. The number of hydrogen-bond acceptors (Lipinski definition) is 3. The van der Waals surface area contributed by atoms with Gasteiger partial charge in [0.15, 0.2) is 5.11 Å². The molecule has 1 heterocycles. The van der Waals surface area contributed by atoms with Crippen molar-refractivity contribution in [3.63, 3.8) is 0 Å². The minimum atomic E-state index is 0.284. The summed E-state index contributed by atoms with van der Waals surface area (Å²) in [6, 6.07) is 3.90. The van der Waals surface area contributed by atoms with Gasteiger partial charge in [0.2, 0.25) is 0 Å². The number of aromatic nitrogens is 1. The Morgan fingerprint density at radius 1 is 1.50 bits per heavy atom. The van der Waals surface area contributed by atoms with Crippen LogP contribution in [0.15, 0.2) is 18.3 Å². The van der Waals surface area contributed by atoms with Crippen LogP contribution in [0.1, 0.15) is 25.8 Å². The molecule has 100 valence electrons. The minimum Gasteiger partial charge on any atom is -0.379 e. The Morgan fingerprint density at radius 3 is 2.94 bits per heavy atom. The molecular weight excluding hydrogens is 246 g/mol. The number of aryl methyl sites for hydroxylation is 1. The van der Waals surface area contributed by atoms with E-state index < -0.39 is 0 Å².